The molecular formula is C33H25F4N5O2. The maximum atomic E-state index is 14.7. The van der Waals surface area contributed by atoms with Gasteiger partial charge in [-0.15, -0.1) is 0 Å². The molecule has 6 aromatic rings. The second-order valence-electron chi connectivity index (χ2n) is 10.9. The van der Waals surface area contributed by atoms with E-state index in [-0.39, 0.29) is 22.7 Å². The van der Waals surface area contributed by atoms with Crippen molar-refractivity contribution in [1.29, 1.82) is 0 Å². The predicted octanol–water partition coefficient (Wildman–Crippen LogP) is 7.32. The molecule has 1 aliphatic rings. The summed E-state index contributed by atoms with van der Waals surface area (Å²) in [6.07, 6.45) is -2.81. The molecule has 222 valence electrons. The van der Waals surface area contributed by atoms with Crippen molar-refractivity contribution in [2.45, 2.75) is 19.1 Å². The van der Waals surface area contributed by atoms with Crippen LogP contribution in [0, 0.1) is 5.82 Å². The first kappa shape index (κ1) is 27.6. The van der Waals surface area contributed by atoms with Crippen LogP contribution in [0.5, 0.6) is 0 Å². The van der Waals surface area contributed by atoms with Crippen LogP contribution >= 0.6 is 0 Å². The number of hydrogen-bond acceptors (Lipinski definition) is 5. The summed E-state index contributed by atoms with van der Waals surface area (Å²) in [6, 6.07) is 16.5. The standard InChI is InChI=1S/C33H25F4N5O2/c1-38-32(43)29-21-13-20(25(41(2)3)15-27(21)44-31(29)18-8-10-28(39-16-18)33(35,36)37)23-9-7-17-11-12-42-24-6-4-5-22(34)19(24)14-26(42)30(17)40-23/h4-10,13-16H,11-12H2,1-3H3,(H,38,43). The van der Waals surface area contributed by atoms with Crippen molar-refractivity contribution in [3.8, 4) is 34.0 Å². The molecule has 4 aromatic heterocycles. The molecule has 44 heavy (non-hydrogen) atoms. The molecule has 0 saturated heterocycles. The van der Waals surface area contributed by atoms with Crippen LogP contribution in [0.15, 0.2) is 71.3 Å². The van der Waals surface area contributed by atoms with E-state index in [1.807, 2.05) is 49.3 Å². The number of nitrogens with zero attached hydrogens (tertiary/aromatic N) is 4. The Bertz CT molecular complexity index is 2110. The summed E-state index contributed by atoms with van der Waals surface area (Å²) in [6.45, 7) is 0.706. The van der Waals surface area contributed by atoms with Gasteiger partial charge in [-0.25, -0.2) is 9.37 Å². The number of aryl methyl sites for hydroxylation is 2. The number of carbonyl (C=O) groups excluding carboxylic acids is 1. The van der Waals surface area contributed by atoms with E-state index in [9.17, 15) is 22.4 Å². The predicted molar refractivity (Wildman–Crippen MR) is 160 cm³/mol. The van der Waals surface area contributed by atoms with Crippen LogP contribution in [0.25, 0.3) is 55.8 Å². The van der Waals surface area contributed by atoms with Gasteiger partial charge in [0, 0.05) is 67.5 Å². The van der Waals surface area contributed by atoms with E-state index in [2.05, 4.69) is 14.9 Å². The summed E-state index contributed by atoms with van der Waals surface area (Å²) in [7, 11) is 5.21. The highest BCUT2D eigenvalue weighted by Gasteiger charge is 2.33. The normalized spacial score (nSPS) is 12.8. The average Bonchev–Trinajstić information content (AvgIpc) is 3.59. The van der Waals surface area contributed by atoms with E-state index >= 15 is 0 Å². The van der Waals surface area contributed by atoms with Crippen molar-refractivity contribution >= 4 is 33.5 Å². The van der Waals surface area contributed by atoms with Crippen molar-refractivity contribution in [1.82, 2.24) is 19.9 Å². The lowest BCUT2D eigenvalue weighted by Gasteiger charge is -2.22. The molecule has 11 heteroatoms. The molecule has 0 atom stereocenters. The lowest BCUT2D eigenvalue weighted by molar-refractivity contribution is -0.141. The number of rotatable bonds is 4. The van der Waals surface area contributed by atoms with Crippen LogP contribution in [0.1, 0.15) is 21.6 Å². The number of anilines is 1. The van der Waals surface area contributed by atoms with E-state index < -0.39 is 17.8 Å². The summed E-state index contributed by atoms with van der Waals surface area (Å²) in [5, 5.41) is 3.62. The first-order valence-electron chi connectivity index (χ1n) is 13.9. The highest BCUT2D eigenvalue weighted by atomic mass is 19.4. The first-order chi connectivity index (χ1) is 21.0. The number of halogens is 4. The third-order valence-corrected chi connectivity index (χ3v) is 8.05. The second-order valence-corrected chi connectivity index (χ2v) is 10.9. The van der Waals surface area contributed by atoms with Gasteiger partial charge < -0.3 is 19.2 Å². The van der Waals surface area contributed by atoms with Crippen LogP contribution < -0.4 is 10.2 Å². The zero-order valence-electron chi connectivity index (χ0n) is 23.9. The number of furan rings is 1. The van der Waals surface area contributed by atoms with Crippen molar-refractivity contribution < 1.29 is 26.8 Å². The molecule has 0 fully saturated rings. The fourth-order valence-electron chi connectivity index (χ4n) is 5.94. The van der Waals surface area contributed by atoms with Gasteiger partial charge in [-0.05, 0) is 54.4 Å². The maximum Gasteiger partial charge on any atom is 0.433 e. The highest BCUT2D eigenvalue weighted by Crippen LogP contribution is 2.42. The molecular weight excluding hydrogens is 574 g/mol. The van der Waals surface area contributed by atoms with Gasteiger partial charge in [0.1, 0.15) is 22.9 Å². The van der Waals surface area contributed by atoms with Crippen molar-refractivity contribution in [3.63, 3.8) is 0 Å². The number of hydrogen-bond donors (Lipinski definition) is 1. The minimum Gasteiger partial charge on any atom is -0.455 e. The minimum atomic E-state index is -4.60. The zero-order chi connectivity index (χ0) is 30.9. The molecule has 2 aromatic carbocycles. The van der Waals surface area contributed by atoms with E-state index in [1.165, 1.54) is 19.2 Å². The first-order valence-corrected chi connectivity index (χ1v) is 13.9. The van der Waals surface area contributed by atoms with Crippen molar-refractivity contribution in [2.75, 3.05) is 26.0 Å². The Morgan fingerprint density at radius 1 is 1.05 bits per heavy atom. The Morgan fingerprint density at radius 3 is 2.57 bits per heavy atom. The molecule has 7 nitrogen and oxygen atoms in total. The molecule has 1 amide bonds. The van der Waals surface area contributed by atoms with Crippen LogP contribution in [-0.2, 0) is 19.1 Å². The highest BCUT2D eigenvalue weighted by molar-refractivity contribution is 6.12. The number of pyridine rings is 2. The van der Waals surface area contributed by atoms with E-state index in [1.54, 1.807) is 12.1 Å². The van der Waals surface area contributed by atoms with E-state index in [0.717, 1.165) is 46.8 Å². The number of fused-ring (bicyclic) bond motifs is 6. The molecule has 0 unspecified atom stereocenters. The lowest BCUT2D eigenvalue weighted by Crippen LogP contribution is -2.18. The third kappa shape index (κ3) is 4.30. The smallest absolute Gasteiger partial charge is 0.433 e. The van der Waals surface area contributed by atoms with Gasteiger partial charge in [0.15, 0.2) is 0 Å². The fourth-order valence-corrected chi connectivity index (χ4v) is 5.94. The number of carbonyl (C=O) groups is 1. The van der Waals surface area contributed by atoms with Gasteiger partial charge in [-0.1, -0.05) is 12.1 Å². The van der Waals surface area contributed by atoms with Crippen LogP contribution in [0.2, 0.25) is 0 Å². The average molecular weight is 600 g/mol. The number of amides is 1. The number of nitrogens with one attached hydrogen (secondary N) is 1. The van der Waals surface area contributed by atoms with Crippen LogP contribution in [-0.4, -0.2) is 41.6 Å². The maximum absolute atomic E-state index is 14.7. The third-order valence-electron chi connectivity index (χ3n) is 8.05. The molecule has 0 aliphatic carbocycles. The monoisotopic (exact) mass is 599 g/mol. The summed E-state index contributed by atoms with van der Waals surface area (Å²) in [4.78, 5) is 23.7. The molecule has 5 heterocycles. The van der Waals surface area contributed by atoms with E-state index in [0.29, 0.717) is 34.2 Å². The van der Waals surface area contributed by atoms with Crippen molar-refractivity contribution in [2.24, 2.45) is 0 Å². The number of aromatic nitrogens is 3. The molecule has 0 spiro atoms. The topological polar surface area (TPSA) is 76.2 Å². The Kier molecular flexibility index (Phi) is 6.24. The summed E-state index contributed by atoms with van der Waals surface area (Å²) in [5.74, 6) is -0.650. The molecule has 7 rings (SSSR count). The lowest BCUT2D eigenvalue weighted by atomic mass is 9.98. The van der Waals surface area contributed by atoms with Crippen LogP contribution in [0.3, 0.4) is 0 Å². The van der Waals surface area contributed by atoms with Gasteiger partial charge in [-0.3, -0.25) is 9.78 Å². The van der Waals surface area contributed by atoms with Crippen molar-refractivity contribution in [3.05, 3.63) is 89.5 Å². The summed E-state index contributed by atoms with van der Waals surface area (Å²) >= 11 is 0. The molecule has 0 radical (unpaired) electrons. The Labute approximate surface area is 248 Å². The van der Waals surface area contributed by atoms with Gasteiger partial charge in [0.05, 0.1) is 28.2 Å². The number of benzene rings is 2. The largest absolute Gasteiger partial charge is 0.455 e. The molecule has 1 N–H and O–H groups in total. The van der Waals surface area contributed by atoms with E-state index in [4.69, 9.17) is 9.40 Å². The SMILES string of the molecule is CNC(=O)c1c(-c2ccc(C(F)(F)F)nc2)oc2cc(N(C)C)c(-c3ccc4c(n3)-c3cc5c(F)cccc5n3CC4)cc12. The van der Waals surface area contributed by atoms with Gasteiger partial charge >= 0.3 is 6.18 Å². The Balaban J connectivity index is 1.42. The summed E-state index contributed by atoms with van der Waals surface area (Å²) in [5.41, 5.74) is 5.27. The summed E-state index contributed by atoms with van der Waals surface area (Å²) < 4.78 is 62.4. The van der Waals surface area contributed by atoms with Gasteiger partial charge in [0.2, 0.25) is 0 Å². The fraction of sp³-hybridized carbons (Fsp3) is 0.182. The zero-order valence-corrected chi connectivity index (χ0v) is 23.9. The van der Waals surface area contributed by atoms with Gasteiger partial charge in [0.25, 0.3) is 5.91 Å². The molecule has 1 aliphatic heterocycles. The number of alkyl halides is 3. The quantitative estimate of drug-likeness (QED) is 0.215. The minimum absolute atomic E-state index is 0.104. The van der Waals surface area contributed by atoms with Gasteiger partial charge in [-0.2, -0.15) is 13.2 Å². The second kappa shape index (κ2) is 9.94. The van der Waals surface area contributed by atoms with Crippen LogP contribution in [0.4, 0.5) is 23.2 Å². The molecule has 0 saturated carbocycles. The Hall–Kier alpha value is -5.19. The molecule has 0 bridgehead atoms. The Morgan fingerprint density at radius 2 is 1.86 bits per heavy atom.